The number of nitro groups is 1. The largest absolute Gasteiger partial charge is 0.477 e. The van der Waals surface area contributed by atoms with E-state index in [0.717, 1.165) is 5.56 Å². The van der Waals surface area contributed by atoms with Crippen molar-refractivity contribution in [3.63, 3.8) is 0 Å². The Morgan fingerprint density at radius 1 is 1.17 bits per heavy atom. The summed E-state index contributed by atoms with van der Waals surface area (Å²) in [6, 6.07) is 10.9. The van der Waals surface area contributed by atoms with Gasteiger partial charge >= 0.3 is 5.69 Å². The van der Waals surface area contributed by atoms with Gasteiger partial charge in [-0.15, -0.1) is 0 Å². The number of amides is 1. The van der Waals surface area contributed by atoms with Gasteiger partial charge < -0.3 is 10.1 Å². The van der Waals surface area contributed by atoms with Gasteiger partial charge in [-0.25, -0.2) is 0 Å². The summed E-state index contributed by atoms with van der Waals surface area (Å²) in [5.41, 5.74) is 1.59. The highest BCUT2D eigenvalue weighted by Gasteiger charge is 2.16. The number of carbonyl (C=O) groups is 2. The molecule has 0 heterocycles. The molecule has 0 spiro atoms. The zero-order valence-electron chi connectivity index (χ0n) is 13.2. The molecule has 0 aromatic heterocycles. The van der Waals surface area contributed by atoms with E-state index in [1.165, 1.54) is 19.1 Å². The maximum absolute atomic E-state index is 11.9. The Hall–Kier alpha value is -3.22. The molecule has 0 radical (unpaired) electrons. The maximum Gasteiger partial charge on any atom is 0.311 e. The third-order valence-corrected chi connectivity index (χ3v) is 3.25. The van der Waals surface area contributed by atoms with E-state index < -0.39 is 10.8 Å². The van der Waals surface area contributed by atoms with Crippen molar-refractivity contribution in [1.82, 2.24) is 0 Å². The molecular formula is C17H16N2O5. The van der Waals surface area contributed by atoms with Crippen LogP contribution < -0.4 is 10.1 Å². The van der Waals surface area contributed by atoms with E-state index in [1.807, 2.05) is 0 Å². The average molecular weight is 328 g/mol. The molecule has 0 atom stereocenters. The molecule has 0 saturated carbocycles. The van der Waals surface area contributed by atoms with Crippen LogP contribution in [0.5, 0.6) is 5.75 Å². The lowest BCUT2D eigenvalue weighted by Crippen LogP contribution is -2.20. The number of ether oxygens (including phenoxy) is 1. The number of Topliss-reactive ketones (excluding diaryl/α,β-unsaturated/α-hetero) is 1. The quantitative estimate of drug-likeness (QED) is 0.499. The molecule has 7 heteroatoms. The Labute approximate surface area is 138 Å². The third kappa shape index (κ3) is 4.39. The topological polar surface area (TPSA) is 98.5 Å². The number of aryl methyl sites for hydroxylation is 1. The van der Waals surface area contributed by atoms with Gasteiger partial charge in [-0.3, -0.25) is 19.7 Å². The van der Waals surface area contributed by atoms with E-state index in [-0.39, 0.29) is 23.8 Å². The Morgan fingerprint density at radius 3 is 2.42 bits per heavy atom. The normalized spacial score (nSPS) is 10.1. The number of nitrogens with zero attached hydrogens (tertiary/aromatic N) is 1. The minimum atomic E-state index is -0.555. The van der Waals surface area contributed by atoms with E-state index in [2.05, 4.69) is 5.32 Å². The lowest BCUT2D eigenvalue weighted by Gasteiger charge is -2.08. The molecule has 0 bridgehead atoms. The number of rotatable bonds is 6. The van der Waals surface area contributed by atoms with Crippen LogP contribution in [0.3, 0.4) is 0 Å². The highest BCUT2D eigenvalue weighted by molar-refractivity contribution is 5.95. The van der Waals surface area contributed by atoms with E-state index in [4.69, 9.17) is 4.74 Å². The zero-order chi connectivity index (χ0) is 17.7. The Balaban J connectivity index is 1.98. The van der Waals surface area contributed by atoms with Crippen molar-refractivity contribution in [2.45, 2.75) is 13.8 Å². The minimum absolute atomic E-state index is 0.0349. The molecule has 0 aliphatic heterocycles. The van der Waals surface area contributed by atoms with Crippen LogP contribution in [0.2, 0.25) is 0 Å². The van der Waals surface area contributed by atoms with Crippen LogP contribution in [0.15, 0.2) is 42.5 Å². The molecule has 2 rings (SSSR count). The van der Waals surface area contributed by atoms with Crippen LogP contribution in [0, 0.1) is 17.0 Å². The van der Waals surface area contributed by atoms with Crippen molar-refractivity contribution in [2.75, 3.05) is 11.9 Å². The van der Waals surface area contributed by atoms with Crippen molar-refractivity contribution < 1.29 is 19.2 Å². The number of hydrogen-bond acceptors (Lipinski definition) is 5. The summed E-state index contributed by atoms with van der Waals surface area (Å²) in [5, 5.41) is 13.6. The van der Waals surface area contributed by atoms with E-state index in [1.54, 1.807) is 37.3 Å². The van der Waals surface area contributed by atoms with Gasteiger partial charge in [0.2, 0.25) is 0 Å². The van der Waals surface area contributed by atoms with Gasteiger partial charge in [0.25, 0.3) is 5.91 Å². The van der Waals surface area contributed by atoms with Crippen LogP contribution in [0.25, 0.3) is 0 Å². The summed E-state index contributed by atoms with van der Waals surface area (Å²) >= 11 is 0. The summed E-state index contributed by atoms with van der Waals surface area (Å²) < 4.78 is 5.24. The predicted octanol–water partition coefficient (Wildman–Crippen LogP) is 3.12. The number of ketones is 1. The number of nitro benzene ring substituents is 1. The predicted molar refractivity (Wildman–Crippen MR) is 88.4 cm³/mol. The van der Waals surface area contributed by atoms with E-state index in [9.17, 15) is 19.7 Å². The second kappa shape index (κ2) is 7.36. The van der Waals surface area contributed by atoms with Gasteiger partial charge in [0.15, 0.2) is 18.1 Å². The van der Waals surface area contributed by atoms with Crippen LogP contribution in [-0.4, -0.2) is 23.2 Å². The first kappa shape index (κ1) is 17.1. The van der Waals surface area contributed by atoms with Crippen LogP contribution in [0.4, 0.5) is 11.4 Å². The fourth-order valence-electron chi connectivity index (χ4n) is 2.02. The molecule has 1 amide bonds. The van der Waals surface area contributed by atoms with Gasteiger partial charge in [0.1, 0.15) is 0 Å². The third-order valence-electron chi connectivity index (χ3n) is 3.25. The summed E-state index contributed by atoms with van der Waals surface area (Å²) in [7, 11) is 0. The first-order valence-electron chi connectivity index (χ1n) is 7.15. The molecule has 2 aromatic rings. The first-order chi connectivity index (χ1) is 11.4. The Morgan fingerprint density at radius 2 is 1.83 bits per heavy atom. The summed E-state index contributed by atoms with van der Waals surface area (Å²) in [6.45, 7) is 2.82. The van der Waals surface area contributed by atoms with Crippen molar-refractivity contribution in [3.8, 4) is 5.75 Å². The molecule has 0 unspecified atom stereocenters. The Kier molecular flexibility index (Phi) is 5.26. The van der Waals surface area contributed by atoms with Gasteiger partial charge in [-0.1, -0.05) is 6.07 Å². The molecule has 0 aliphatic carbocycles. The first-order valence-corrected chi connectivity index (χ1v) is 7.15. The second-order valence-corrected chi connectivity index (χ2v) is 5.20. The molecule has 124 valence electrons. The van der Waals surface area contributed by atoms with E-state index >= 15 is 0 Å². The number of benzene rings is 2. The minimum Gasteiger partial charge on any atom is -0.477 e. The highest BCUT2D eigenvalue weighted by Crippen LogP contribution is 2.27. The SMILES string of the molecule is CC(=O)c1ccc(NC(=O)COc2ccc(C)cc2[N+](=O)[O-])cc1. The Bertz CT molecular complexity index is 784. The molecule has 7 nitrogen and oxygen atoms in total. The summed E-state index contributed by atoms with van der Waals surface area (Å²) in [5.74, 6) is -0.490. The van der Waals surface area contributed by atoms with Crippen LogP contribution in [-0.2, 0) is 4.79 Å². The van der Waals surface area contributed by atoms with Crippen molar-refractivity contribution in [1.29, 1.82) is 0 Å². The van der Waals surface area contributed by atoms with E-state index in [0.29, 0.717) is 11.3 Å². The average Bonchev–Trinajstić information content (AvgIpc) is 2.54. The fraction of sp³-hybridized carbons (Fsp3) is 0.176. The zero-order valence-corrected chi connectivity index (χ0v) is 13.2. The number of nitrogens with one attached hydrogen (secondary N) is 1. The second-order valence-electron chi connectivity index (χ2n) is 5.20. The van der Waals surface area contributed by atoms with Crippen molar-refractivity contribution in [2.24, 2.45) is 0 Å². The molecular weight excluding hydrogens is 312 g/mol. The summed E-state index contributed by atoms with van der Waals surface area (Å²) in [6.07, 6.45) is 0. The molecule has 2 aromatic carbocycles. The molecule has 0 fully saturated rings. The number of carbonyl (C=O) groups excluding carboxylic acids is 2. The highest BCUT2D eigenvalue weighted by atomic mass is 16.6. The smallest absolute Gasteiger partial charge is 0.311 e. The fourth-order valence-corrected chi connectivity index (χ4v) is 2.02. The number of anilines is 1. The van der Waals surface area contributed by atoms with Crippen molar-refractivity contribution in [3.05, 3.63) is 63.7 Å². The van der Waals surface area contributed by atoms with Crippen LogP contribution in [0.1, 0.15) is 22.8 Å². The maximum atomic E-state index is 11.9. The van der Waals surface area contributed by atoms with Crippen LogP contribution >= 0.6 is 0 Å². The molecule has 0 aliphatic rings. The molecule has 0 saturated heterocycles. The summed E-state index contributed by atoms with van der Waals surface area (Å²) in [4.78, 5) is 33.5. The van der Waals surface area contributed by atoms with Crippen molar-refractivity contribution >= 4 is 23.1 Å². The lowest BCUT2D eigenvalue weighted by molar-refractivity contribution is -0.385. The molecule has 1 N–H and O–H groups in total. The molecule has 24 heavy (non-hydrogen) atoms. The van der Waals surface area contributed by atoms with Gasteiger partial charge in [0.05, 0.1) is 4.92 Å². The number of hydrogen-bond donors (Lipinski definition) is 1. The standard InChI is InChI=1S/C17H16N2O5/c1-11-3-8-16(15(9-11)19(22)23)24-10-17(21)18-14-6-4-13(5-7-14)12(2)20/h3-9H,10H2,1-2H3,(H,18,21). The van der Waals surface area contributed by atoms with Gasteiger partial charge in [0, 0.05) is 17.3 Å². The monoisotopic (exact) mass is 328 g/mol. The lowest BCUT2D eigenvalue weighted by atomic mass is 10.1. The van der Waals surface area contributed by atoms with Gasteiger partial charge in [-0.2, -0.15) is 0 Å². The van der Waals surface area contributed by atoms with Gasteiger partial charge in [-0.05, 0) is 49.7 Å².